The number of nitrogens with zero attached hydrogens (tertiary/aromatic N) is 3. The van der Waals surface area contributed by atoms with E-state index in [1.165, 1.54) is 6.07 Å². The third-order valence-corrected chi connectivity index (χ3v) is 3.63. The van der Waals surface area contributed by atoms with Gasteiger partial charge in [0.2, 0.25) is 5.91 Å². The molecule has 1 aromatic carbocycles. The van der Waals surface area contributed by atoms with E-state index in [2.05, 4.69) is 10.3 Å². The largest absolute Gasteiger partial charge is 0.362 e. The molecule has 0 unspecified atom stereocenters. The Morgan fingerprint density at radius 1 is 1.42 bits per heavy atom. The van der Waals surface area contributed by atoms with E-state index in [0.29, 0.717) is 23.1 Å². The summed E-state index contributed by atoms with van der Waals surface area (Å²) >= 11 is 0. The number of anilines is 1. The van der Waals surface area contributed by atoms with Crippen molar-refractivity contribution < 1.29 is 9.72 Å². The van der Waals surface area contributed by atoms with Crippen molar-refractivity contribution in [2.24, 2.45) is 0 Å². The summed E-state index contributed by atoms with van der Waals surface area (Å²) < 4.78 is 0. The van der Waals surface area contributed by atoms with Crippen LogP contribution in [0.4, 0.5) is 11.4 Å². The monoisotopic (exact) mass is 330 g/mol. The fraction of sp³-hybridized carbons (Fsp3) is 0.412. The normalized spacial score (nSPS) is 10.9. The van der Waals surface area contributed by atoms with E-state index < -0.39 is 4.92 Å². The number of benzene rings is 1. The lowest BCUT2D eigenvalue weighted by molar-refractivity contribution is -0.383. The number of non-ortho nitro benzene ring substituents is 1. The van der Waals surface area contributed by atoms with Crippen molar-refractivity contribution >= 4 is 28.2 Å². The Morgan fingerprint density at radius 3 is 2.71 bits per heavy atom. The number of aryl methyl sites for hydroxylation is 1. The first kappa shape index (κ1) is 17.7. The van der Waals surface area contributed by atoms with Crippen molar-refractivity contribution in [2.75, 3.05) is 18.0 Å². The Kier molecular flexibility index (Phi) is 5.33. The van der Waals surface area contributed by atoms with Gasteiger partial charge in [0, 0.05) is 35.4 Å². The quantitative estimate of drug-likeness (QED) is 0.650. The highest BCUT2D eigenvalue weighted by Gasteiger charge is 2.19. The van der Waals surface area contributed by atoms with Crippen molar-refractivity contribution in [2.45, 2.75) is 33.7 Å². The molecule has 0 aliphatic rings. The number of aromatic nitrogens is 1. The SMILES string of the molecule is CCN(CC(=O)NC(C)C)c1cc(C)nc2c([N+](=O)[O-])cccc12. The topological polar surface area (TPSA) is 88.4 Å². The first-order valence-corrected chi connectivity index (χ1v) is 7.92. The van der Waals surface area contributed by atoms with Gasteiger partial charge in [-0.15, -0.1) is 0 Å². The Morgan fingerprint density at radius 2 is 2.12 bits per heavy atom. The van der Waals surface area contributed by atoms with Crippen LogP contribution in [-0.4, -0.2) is 34.9 Å². The summed E-state index contributed by atoms with van der Waals surface area (Å²) in [6.07, 6.45) is 0. The molecule has 1 N–H and O–H groups in total. The highest BCUT2D eigenvalue weighted by atomic mass is 16.6. The zero-order valence-electron chi connectivity index (χ0n) is 14.4. The molecule has 0 saturated carbocycles. The molecule has 1 heterocycles. The van der Waals surface area contributed by atoms with Gasteiger partial charge in [-0.2, -0.15) is 0 Å². The van der Waals surface area contributed by atoms with Crippen molar-refractivity contribution in [1.29, 1.82) is 0 Å². The van der Waals surface area contributed by atoms with E-state index in [9.17, 15) is 14.9 Å². The predicted octanol–water partition coefficient (Wildman–Crippen LogP) is 2.80. The lowest BCUT2D eigenvalue weighted by atomic mass is 10.1. The van der Waals surface area contributed by atoms with E-state index in [4.69, 9.17) is 0 Å². The van der Waals surface area contributed by atoms with Gasteiger partial charge in [-0.05, 0) is 33.8 Å². The minimum atomic E-state index is -0.430. The maximum absolute atomic E-state index is 12.1. The van der Waals surface area contributed by atoms with Crippen LogP contribution >= 0.6 is 0 Å². The number of nitro groups is 1. The number of amides is 1. The van der Waals surface area contributed by atoms with Gasteiger partial charge in [-0.1, -0.05) is 12.1 Å². The maximum Gasteiger partial charge on any atom is 0.295 e. The van der Waals surface area contributed by atoms with Crippen LogP contribution in [0.5, 0.6) is 0 Å². The molecule has 1 aromatic heterocycles. The molecule has 1 amide bonds. The van der Waals surface area contributed by atoms with Gasteiger partial charge in [0.25, 0.3) is 5.69 Å². The van der Waals surface area contributed by atoms with Gasteiger partial charge in [0.15, 0.2) is 5.52 Å². The summed E-state index contributed by atoms with van der Waals surface area (Å²) in [7, 11) is 0. The zero-order valence-corrected chi connectivity index (χ0v) is 14.4. The standard InChI is InChI=1S/C17H22N4O3/c1-5-20(10-16(22)18-11(2)3)15-9-12(4)19-17-13(15)7-6-8-14(17)21(23)24/h6-9,11H,5,10H2,1-4H3,(H,18,22). The molecule has 0 fully saturated rings. The molecule has 7 nitrogen and oxygen atoms in total. The Hall–Kier alpha value is -2.70. The molecule has 0 saturated heterocycles. The van der Waals surface area contributed by atoms with Gasteiger partial charge < -0.3 is 10.2 Å². The molecule has 7 heteroatoms. The number of hydrogen-bond acceptors (Lipinski definition) is 5. The minimum Gasteiger partial charge on any atom is -0.362 e. The molecule has 2 aromatic rings. The highest BCUT2D eigenvalue weighted by Crippen LogP contribution is 2.31. The first-order valence-electron chi connectivity index (χ1n) is 7.92. The van der Waals surface area contributed by atoms with Crippen LogP contribution in [-0.2, 0) is 4.79 Å². The summed E-state index contributed by atoms with van der Waals surface area (Å²) in [5.41, 5.74) is 1.78. The van der Waals surface area contributed by atoms with Crippen molar-refractivity contribution in [3.63, 3.8) is 0 Å². The number of para-hydroxylation sites is 1. The Labute approximate surface area is 140 Å². The lowest BCUT2D eigenvalue weighted by Gasteiger charge is -2.25. The number of nitro benzene ring substituents is 1. The van der Waals surface area contributed by atoms with Crippen LogP contribution in [0, 0.1) is 17.0 Å². The molecule has 2 rings (SSSR count). The number of hydrogen-bond donors (Lipinski definition) is 1. The molecular formula is C17H22N4O3. The Bertz CT molecular complexity index is 774. The van der Waals surface area contributed by atoms with Gasteiger partial charge in [-0.3, -0.25) is 14.9 Å². The van der Waals surface area contributed by atoms with Crippen LogP contribution in [0.2, 0.25) is 0 Å². The highest BCUT2D eigenvalue weighted by molar-refractivity contribution is 5.98. The zero-order chi connectivity index (χ0) is 17.9. The van der Waals surface area contributed by atoms with E-state index in [1.54, 1.807) is 19.1 Å². The number of pyridine rings is 1. The third kappa shape index (κ3) is 3.79. The minimum absolute atomic E-state index is 0.0277. The number of likely N-dealkylation sites (N-methyl/N-ethyl adjacent to an activating group) is 1. The van der Waals surface area contributed by atoms with E-state index in [-0.39, 0.29) is 24.2 Å². The number of carbonyl (C=O) groups is 1. The molecular weight excluding hydrogens is 308 g/mol. The Balaban J connectivity index is 2.51. The van der Waals surface area contributed by atoms with E-state index in [0.717, 1.165) is 5.69 Å². The van der Waals surface area contributed by atoms with Crippen LogP contribution in [0.25, 0.3) is 10.9 Å². The number of carbonyl (C=O) groups excluding carboxylic acids is 1. The summed E-state index contributed by atoms with van der Waals surface area (Å²) in [5.74, 6) is -0.0834. The second-order valence-electron chi connectivity index (χ2n) is 5.95. The van der Waals surface area contributed by atoms with Crippen LogP contribution < -0.4 is 10.2 Å². The van der Waals surface area contributed by atoms with E-state index >= 15 is 0 Å². The smallest absolute Gasteiger partial charge is 0.295 e. The number of fused-ring (bicyclic) bond motifs is 1. The molecule has 0 spiro atoms. The van der Waals surface area contributed by atoms with Gasteiger partial charge in [0.05, 0.1) is 11.5 Å². The number of nitrogens with one attached hydrogen (secondary N) is 1. The molecule has 128 valence electrons. The average Bonchev–Trinajstić information content (AvgIpc) is 2.50. The first-order chi connectivity index (χ1) is 11.3. The van der Waals surface area contributed by atoms with Gasteiger partial charge >= 0.3 is 0 Å². The van der Waals surface area contributed by atoms with E-state index in [1.807, 2.05) is 31.7 Å². The third-order valence-electron chi connectivity index (χ3n) is 3.63. The van der Waals surface area contributed by atoms with Crippen LogP contribution in [0.15, 0.2) is 24.3 Å². The van der Waals surface area contributed by atoms with Gasteiger partial charge in [0.1, 0.15) is 0 Å². The average molecular weight is 330 g/mol. The van der Waals surface area contributed by atoms with Crippen LogP contribution in [0.3, 0.4) is 0 Å². The lowest BCUT2D eigenvalue weighted by Crippen LogP contribution is -2.40. The molecule has 24 heavy (non-hydrogen) atoms. The molecule has 0 bridgehead atoms. The maximum atomic E-state index is 12.1. The second-order valence-corrected chi connectivity index (χ2v) is 5.95. The summed E-state index contributed by atoms with van der Waals surface area (Å²) in [4.78, 5) is 29.2. The van der Waals surface area contributed by atoms with Crippen molar-refractivity contribution in [3.8, 4) is 0 Å². The van der Waals surface area contributed by atoms with Gasteiger partial charge in [-0.25, -0.2) is 4.98 Å². The fourth-order valence-corrected chi connectivity index (χ4v) is 2.66. The van der Waals surface area contributed by atoms with Crippen molar-refractivity contribution in [1.82, 2.24) is 10.3 Å². The summed E-state index contributed by atoms with van der Waals surface area (Å²) in [6.45, 7) is 8.35. The van der Waals surface area contributed by atoms with Crippen LogP contribution in [0.1, 0.15) is 26.5 Å². The van der Waals surface area contributed by atoms with Crippen molar-refractivity contribution in [3.05, 3.63) is 40.1 Å². The molecule has 0 radical (unpaired) electrons. The molecule has 0 aliphatic heterocycles. The molecule has 0 atom stereocenters. The summed E-state index contributed by atoms with van der Waals surface area (Å²) in [6, 6.07) is 6.81. The number of rotatable bonds is 6. The second kappa shape index (κ2) is 7.25. The summed E-state index contributed by atoms with van der Waals surface area (Å²) in [5, 5.41) is 14.8. The predicted molar refractivity (Wildman–Crippen MR) is 94.3 cm³/mol. The fourth-order valence-electron chi connectivity index (χ4n) is 2.66. The molecule has 0 aliphatic carbocycles.